The van der Waals surface area contributed by atoms with Gasteiger partial charge >= 0.3 is 13.1 Å². The molecule has 1 unspecified atom stereocenters. The quantitative estimate of drug-likeness (QED) is 0.478. The summed E-state index contributed by atoms with van der Waals surface area (Å²) in [7, 11) is -1.04. The van der Waals surface area contributed by atoms with Crippen molar-refractivity contribution >= 4 is 31.4 Å². The summed E-state index contributed by atoms with van der Waals surface area (Å²) in [5.74, 6) is -1.34. The molecular formula is C15H20BClN2O7. The second-order valence-electron chi connectivity index (χ2n) is 6.12. The van der Waals surface area contributed by atoms with Crippen LogP contribution in [0.2, 0.25) is 6.32 Å². The van der Waals surface area contributed by atoms with Crippen molar-refractivity contribution in [3.05, 3.63) is 23.3 Å². The van der Waals surface area contributed by atoms with Crippen LogP contribution < -0.4 is 15.1 Å². The first-order valence-electron chi connectivity index (χ1n) is 7.96. The van der Waals surface area contributed by atoms with Gasteiger partial charge in [-0.2, -0.15) is 0 Å². The van der Waals surface area contributed by atoms with Crippen molar-refractivity contribution in [3.8, 4) is 11.5 Å². The number of nitrogens with zero attached hydrogens (tertiary/aromatic N) is 1. The van der Waals surface area contributed by atoms with Gasteiger partial charge in [0, 0.05) is 0 Å². The largest absolute Gasteiger partial charge is 0.535 e. The lowest BCUT2D eigenvalue weighted by molar-refractivity contribution is -0.142. The van der Waals surface area contributed by atoms with Crippen LogP contribution in [-0.2, 0) is 11.2 Å². The van der Waals surface area contributed by atoms with Gasteiger partial charge in [-0.25, -0.2) is 4.79 Å². The molecule has 3 rings (SSSR count). The highest BCUT2D eigenvalue weighted by molar-refractivity contribution is 6.44. The molecule has 0 saturated carbocycles. The number of aromatic carboxylic acids is 1. The fourth-order valence-electron chi connectivity index (χ4n) is 2.90. The maximum absolute atomic E-state index is 11.8. The van der Waals surface area contributed by atoms with Crippen LogP contribution in [0.3, 0.4) is 0 Å². The zero-order valence-electron chi connectivity index (χ0n) is 13.8. The van der Waals surface area contributed by atoms with E-state index in [9.17, 15) is 19.7 Å². The molecule has 26 heavy (non-hydrogen) atoms. The molecule has 1 aromatic carbocycles. The number of benzene rings is 1. The van der Waals surface area contributed by atoms with Gasteiger partial charge in [-0.15, -0.1) is 12.4 Å². The number of aliphatic hydroxyl groups is 1. The molecule has 2 aliphatic heterocycles. The first kappa shape index (κ1) is 20.3. The van der Waals surface area contributed by atoms with Crippen LogP contribution in [-0.4, -0.2) is 71.0 Å². The van der Waals surface area contributed by atoms with E-state index in [0.29, 0.717) is 18.3 Å². The van der Waals surface area contributed by atoms with Crippen LogP contribution in [0.5, 0.6) is 11.5 Å². The Labute approximate surface area is 156 Å². The van der Waals surface area contributed by atoms with Gasteiger partial charge in [-0.3, -0.25) is 4.79 Å². The number of rotatable bonds is 5. The number of hydrogen-bond donors (Lipinski definition) is 4. The number of carbonyl (C=O) groups is 2. The number of carboxylic acids is 1. The molecule has 0 radical (unpaired) electrons. The number of aliphatic hydroxyl groups excluding tert-OH is 1. The third kappa shape index (κ3) is 3.88. The Hall–Kier alpha value is -2.01. The molecule has 2 aliphatic rings. The number of aryl methyl sites for hydroxylation is 1. The highest BCUT2D eigenvalue weighted by Gasteiger charge is 2.36. The van der Waals surface area contributed by atoms with Crippen molar-refractivity contribution in [1.29, 1.82) is 0 Å². The van der Waals surface area contributed by atoms with Crippen LogP contribution in [0.15, 0.2) is 12.1 Å². The van der Waals surface area contributed by atoms with E-state index in [0.717, 1.165) is 0 Å². The van der Waals surface area contributed by atoms with Crippen molar-refractivity contribution in [3.63, 3.8) is 0 Å². The zero-order chi connectivity index (χ0) is 18.1. The second-order valence-corrected chi connectivity index (χ2v) is 6.12. The summed E-state index contributed by atoms with van der Waals surface area (Å²) < 4.78 is 11.0. The summed E-state index contributed by atoms with van der Waals surface area (Å²) in [6, 6.07) is 2.31. The van der Waals surface area contributed by atoms with Crippen molar-refractivity contribution in [2.24, 2.45) is 5.73 Å². The van der Waals surface area contributed by atoms with Gasteiger partial charge in [0.05, 0.1) is 19.7 Å². The number of amides is 1. The topological polar surface area (TPSA) is 143 Å². The molecule has 0 spiro atoms. The molecule has 1 aromatic rings. The van der Waals surface area contributed by atoms with Crippen molar-refractivity contribution in [2.45, 2.75) is 24.9 Å². The Morgan fingerprint density at radius 2 is 2.12 bits per heavy atom. The van der Waals surface area contributed by atoms with Crippen LogP contribution in [0, 0.1) is 0 Å². The number of hydrogen-bond acceptors (Lipinski definition) is 7. The normalized spacial score (nSPS) is 17.3. The Balaban J connectivity index is 0.00000243. The van der Waals surface area contributed by atoms with Gasteiger partial charge in [-0.05, 0) is 24.4 Å². The molecule has 142 valence electrons. The summed E-state index contributed by atoms with van der Waals surface area (Å²) >= 11 is 0. The number of likely N-dealkylation sites (tertiary alicyclic amines) is 1. The monoisotopic (exact) mass is 386 g/mol. The Bertz CT molecular complexity index is 699. The zero-order valence-corrected chi connectivity index (χ0v) is 14.6. The number of halogens is 1. The Kier molecular flexibility index (Phi) is 6.35. The van der Waals surface area contributed by atoms with E-state index in [1.165, 1.54) is 4.90 Å². The molecule has 9 nitrogen and oxygen atoms in total. The van der Waals surface area contributed by atoms with Gasteiger partial charge in [-0.1, -0.05) is 6.07 Å². The predicted octanol–water partition coefficient (Wildman–Crippen LogP) is -0.869. The number of carboxylic acid groups (broad SMARTS) is 1. The first-order chi connectivity index (χ1) is 11.9. The minimum atomic E-state index is -1.21. The molecule has 11 heteroatoms. The van der Waals surface area contributed by atoms with Crippen molar-refractivity contribution in [1.82, 2.24) is 4.90 Å². The lowest BCUT2D eigenvalue weighted by Crippen LogP contribution is -2.60. The Morgan fingerprint density at radius 3 is 2.73 bits per heavy atom. The van der Waals surface area contributed by atoms with Gasteiger partial charge < -0.3 is 35.3 Å². The fraction of sp³-hybridized carbons (Fsp3) is 0.467. The number of ether oxygens (including phenoxy) is 1. The van der Waals surface area contributed by atoms with Gasteiger partial charge in [0.2, 0.25) is 5.91 Å². The average Bonchev–Trinajstić information content (AvgIpc) is 2.55. The molecule has 0 aromatic heterocycles. The van der Waals surface area contributed by atoms with E-state index >= 15 is 0 Å². The third-order valence-electron chi connectivity index (χ3n) is 4.30. The van der Waals surface area contributed by atoms with Gasteiger partial charge in [0.1, 0.15) is 29.2 Å². The molecule has 2 heterocycles. The standard InChI is InChI=1S/C15H19BN2O7.ClH/c17-10(7-19)14(20)18-5-9(6-18)24-11-2-1-8-3-4-16(23)25-13(8)12(11)15(21)22;/h1-2,9-10,19,23H,3-7,17H2,(H,21,22);1H. The lowest BCUT2D eigenvalue weighted by Gasteiger charge is -2.40. The molecule has 1 saturated heterocycles. The summed E-state index contributed by atoms with van der Waals surface area (Å²) in [6.07, 6.45) is 0.540. The maximum Gasteiger partial charge on any atom is 0.522 e. The first-order valence-corrected chi connectivity index (χ1v) is 7.96. The van der Waals surface area contributed by atoms with Crippen LogP contribution >= 0.6 is 12.4 Å². The predicted molar refractivity (Wildman–Crippen MR) is 93.8 cm³/mol. The highest BCUT2D eigenvalue weighted by Crippen LogP contribution is 2.37. The fourth-order valence-corrected chi connectivity index (χ4v) is 2.90. The van der Waals surface area contributed by atoms with Crippen LogP contribution in [0.4, 0.5) is 0 Å². The van der Waals surface area contributed by atoms with Crippen LogP contribution in [0.25, 0.3) is 0 Å². The molecule has 1 amide bonds. The number of nitrogens with two attached hydrogens (primary N) is 1. The van der Waals surface area contributed by atoms with E-state index < -0.39 is 25.7 Å². The summed E-state index contributed by atoms with van der Waals surface area (Å²) in [4.78, 5) is 24.9. The summed E-state index contributed by atoms with van der Waals surface area (Å²) in [5, 5.41) is 28.0. The molecular weight excluding hydrogens is 366 g/mol. The minimum absolute atomic E-state index is 0. The van der Waals surface area contributed by atoms with Gasteiger partial charge in [0.15, 0.2) is 0 Å². The molecule has 1 fully saturated rings. The Morgan fingerprint density at radius 1 is 1.42 bits per heavy atom. The number of fused-ring (bicyclic) bond motifs is 1. The number of carbonyl (C=O) groups excluding carboxylic acids is 1. The van der Waals surface area contributed by atoms with Crippen molar-refractivity contribution in [2.75, 3.05) is 19.7 Å². The van der Waals surface area contributed by atoms with Gasteiger partial charge in [0.25, 0.3) is 0 Å². The molecule has 1 atom stereocenters. The smallest absolute Gasteiger partial charge is 0.522 e. The van der Waals surface area contributed by atoms with Crippen LogP contribution in [0.1, 0.15) is 15.9 Å². The van der Waals surface area contributed by atoms with E-state index in [1.54, 1.807) is 12.1 Å². The average molecular weight is 387 g/mol. The SMILES string of the molecule is Cl.NC(CO)C(=O)N1CC(Oc2ccc3c(c2C(=O)O)OB(O)CC3)C1. The third-order valence-corrected chi connectivity index (χ3v) is 4.30. The van der Waals surface area contributed by atoms with E-state index in [1.807, 2.05) is 0 Å². The van der Waals surface area contributed by atoms with Crippen molar-refractivity contribution < 1.29 is 34.2 Å². The molecule has 0 aliphatic carbocycles. The van der Waals surface area contributed by atoms with E-state index in [4.69, 9.17) is 20.2 Å². The lowest BCUT2D eigenvalue weighted by atomic mass is 9.78. The molecule has 5 N–H and O–H groups in total. The maximum atomic E-state index is 11.8. The summed E-state index contributed by atoms with van der Waals surface area (Å²) in [5.41, 5.74) is 6.05. The molecule has 0 bridgehead atoms. The summed E-state index contributed by atoms with van der Waals surface area (Å²) in [6.45, 7) is 0.0762. The van der Waals surface area contributed by atoms with E-state index in [2.05, 4.69) is 0 Å². The minimum Gasteiger partial charge on any atom is -0.535 e. The highest BCUT2D eigenvalue weighted by atomic mass is 35.5. The second kappa shape index (κ2) is 8.13. The van der Waals surface area contributed by atoms with E-state index in [-0.39, 0.29) is 54.6 Å².